The van der Waals surface area contributed by atoms with Crippen LogP contribution in [0.15, 0.2) is 0 Å². The summed E-state index contributed by atoms with van der Waals surface area (Å²) in [7, 11) is 1.75. The summed E-state index contributed by atoms with van der Waals surface area (Å²) in [6, 6.07) is 0. The average molecular weight is 256 g/mol. The van der Waals surface area contributed by atoms with Crippen molar-refractivity contribution in [1.82, 2.24) is 10.2 Å². The third-order valence-electron chi connectivity index (χ3n) is 4.27. The Balaban J connectivity index is 2.36. The Morgan fingerprint density at radius 3 is 2.33 bits per heavy atom. The first kappa shape index (κ1) is 15.4. The Labute approximate surface area is 111 Å². The quantitative estimate of drug-likeness (QED) is 0.732. The fraction of sp³-hybridized carbons (Fsp3) is 0.929. The van der Waals surface area contributed by atoms with Crippen LogP contribution in [0, 0.1) is 0 Å². The van der Waals surface area contributed by atoms with Crippen LogP contribution in [0.4, 0.5) is 0 Å². The number of likely N-dealkylation sites (N-methyl/N-ethyl adjacent to an activating group) is 1. The first-order valence-corrected chi connectivity index (χ1v) is 7.29. The van der Waals surface area contributed by atoms with E-state index in [1.165, 1.54) is 38.8 Å². The zero-order valence-electron chi connectivity index (χ0n) is 11.9. The molecule has 0 aliphatic carbocycles. The number of rotatable bonds is 7. The van der Waals surface area contributed by atoms with Crippen molar-refractivity contribution in [3.8, 4) is 0 Å². The molecule has 18 heavy (non-hydrogen) atoms. The molecule has 1 saturated heterocycles. The van der Waals surface area contributed by atoms with E-state index in [9.17, 15) is 9.90 Å². The van der Waals surface area contributed by atoms with Crippen molar-refractivity contribution in [1.29, 1.82) is 0 Å². The van der Waals surface area contributed by atoms with E-state index in [0.29, 0.717) is 12.8 Å². The monoisotopic (exact) mass is 256 g/mol. The molecule has 1 aliphatic rings. The molecule has 1 atom stereocenters. The number of nitrogens with zero attached hydrogens (tertiary/aromatic N) is 1. The van der Waals surface area contributed by atoms with Crippen molar-refractivity contribution < 1.29 is 9.90 Å². The number of nitrogens with one attached hydrogen (secondary N) is 1. The zero-order valence-corrected chi connectivity index (χ0v) is 11.9. The van der Waals surface area contributed by atoms with Gasteiger partial charge in [-0.1, -0.05) is 19.8 Å². The van der Waals surface area contributed by atoms with Gasteiger partial charge in [0.15, 0.2) is 0 Å². The third-order valence-corrected chi connectivity index (χ3v) is 4.27. The van der Waals surface area contributed by atoms with E-state index in [1.54, 1.807) is 7.05 Å². The molecule has 1 unspecified atom stereocenters. The summed E-state index contributed by atoms with van der Waals surface area (Å²) in [6.45, 7) is 5.35. The lowest BCUT2D eigenvalue weighted by Crippen LogP contribution is -2.50. The molecule has 106 valence electrons. The van der Waals surface area contributed by atoms with Crippen molar-refractivity contribution in [3.05, 3.63) is 0 Å². The van der Waals surface area contributed by atoms with Crippen molar-refractivity contribution in [2.24, 2.45) is 0 Å². The Bertz CT molecular complexity index is 244. The summed E-state index contributed by atoms with van der Waals surface area (Å²) in [4.78, 5) is 13.8. The van der Waals surface area contributed by atoms with Crippen molar-refractivity contribution in [3.63, 3.8) is 0 Å². The first-order chi connectivity index (χ1) is 8.64. The second-order valence-corrected chi connectivity index (χ2v) is 5.35. The van der Waals surface area contributed by atoms with Gasteiger partial charge in [-0.15, -0.1) is 0 Å². The number of carbonyl (C=O) groups is 1. The van der Waals surface area contributed by atoms with Crippen LogP contribution in [-0.4, -0.2) is 48.2 Å². The molecule has 0 bridgehead atoms. The van der Waals surface area contributed by atoms with E-state index in [2.05, 4.69) is 10.2 Å². The van der Waals surface area contributed by atoms with Gasteiger partial charge in [-0.3, -0.25) is 4.79 Å². The summed E-state index contributed by atoms with van der Waals surface area (Å²) >= 11 is 0. The van der Waals surface area contributed by atoms with Crippen LogP contribution in [0.2, 0.25) is 0 Å². The number of carboxylic acids is 1. The van der Waals surface area contributed by atoms with Crippen molar-refractivity contribution >= 4 is 5.97 Å². The smallest absolute Gasteiger partial charge is 0.323 e. The van der Waals surface area contributed by atoms with E-state index < -0.39 is 11.5 Å². The SMILES string of the molecule is CCC(CCCN1CCCCCC1)(NC)C(=O)O. The molecule has 1 heterocycles. The molecule has 0 aromatic carbocycles. The van der Waals surface area contributed by atoms with Crippen LogP contribution in [0.5, 0.6) is 0 Å². The van der Waals surface area contributed by atoms with Gasteiger partial charge in [0.2, 0.25) is 0 Å². The maximum Gasteiger partial charge on any atom is 0.323 e. The third kappa shape index (κ3) is 4.25. The van der Waals surface area contributed by atoms with Crippen LogP contribution in [0.25, 0.3) is 0 Å². The fourth-order valence-electron chi connectivity index (χ4n) is 2.81. The number of hydrogen-bond acceptors (Lipinski definition) is 3. The number of aliphatic carboxylic acids is 1. The zero-order chi connectivity index (χ0) is 13.4. The summed E-state index contributed by atoms with van der Waals surface area (Å²) in [6.07, 6.45) is 7.60. The highest BCUT2D eigenvalue weighted by Gasteiger charge is 2.34. The van der Waals surface area contributed by atoms with Gasteiger partial charge in [0, 0.05) is 0 Å². The molecule has 4 nitrogen and oxygen atoms in total. The Hall–Kier alpha value is -0.610. The van der Waals surface area contributed by atoms with E-state index in [-0.39, 0.29) is 0 Å². The summed E-state index contributed by atoms with van der Waals surface area (Å²) in [5.41, 5.74) is -0.730. The summed E-state index contributed by atoms with van der Waals surface area (Å²) in [5.74, 6) is -0.719. The number of carboxylic acid groups (broad SMARTS) is 1. The van der Waals surface area contributed by atoms with Crippen LogP contribution < -0.4 is 5.32 Å². The second-order valence-electron chi connectivity index (χ2n) is 5.35. The number of likely N-dealkylation sites (tertiary alicyclic amines) is 1. The van der Waals surface area contributed by atoms with Crippen LogP contribution >= 0.6 is 0 Å². The molecule has 1 fully saturated rings. The van der Waals surface area contributed by atoms with Gasteiger partial charge in [0.25, 0.3) is 0 Å². The predicted molar refractivity (Wildman–Crippen MR) is 73.9 cm³/mol. The van der Waals surface area contributed by atoms with Gasteiger partial charge in [-0.25, -0.2) is 0 Å². The summed E-state index contributed by atoms with van der Waals surface area (Å²) < 4.78 is 0. The normalized spacial score (nSPS) is 21.2. The molecule has 0 aromatic rings. The minimum absolute atomic E-state index is 0.638. The predicted octanol–water partition coefficient (Wildman–Crippen LogP) is 2.10. The lowest BCUT2D eigenvalue weighted by atomic mass is 9.90. The molecule has 0 aromatic heterocycles. The molecular formula is C14H28N2O2. The second kappa shape index (κ2) is 7.74. The molecule has 0 saturated carbocycles. The molecule has 0 radical (unpaired) electrons. The molecule has 1 rings (SSSR count). The topological polar surface area (TPSA) is 52.6 Å². The highest BCUT2D eigenvalue weighted by atomic mass is 16.4. The van der Waals surface area contributed by atoms with Gasteiger partial charge in [0.1, 0.15) is 5.54 Å². The lowest BCUT2D eigenvalue weighted by molar-refractivity contribution is -0.145. The van der Waals surface area contributed by atoms with Crippen molar-refractivity contribution in [2.75, 3.05) is 26.7 Å². The maximum absolute atomic E-state index is 11.3. The maximum atomic E-state index is 11.3. The molecule has 0 amide bonds. The molecule has 1 aliphatic heterocycles. The molecule has 2 N–H and O–H groups in total. The standard InChI is InChI=1S/C14H28N2O2/c1-3-14(15-2,13(17)18)9-8-12-16-10-6-4-5-7-11-16/h15H,3-12H2,1-2H3,(H,17,18). The van der Waals surface area contributed by atoms with E-state index in [1.807, 2.05) is 6.92 Å². The minimum atomic E-state index is -0.730. The first-order valence-electron chi connectivity index (χ1n) is 7.29. The average Bonchev–Trinajstić information content (AvgIpc) is 2.63. The Morgan fingerprint density at radius 2 is 1.89 bits per heavy atom. The highest BCUT2D eigenvalue weighted by molar-refractivity contribution is 5.78. The Kier molecular flexibility index (Phi) is 6.65. The van der Waals surface area contributed by atoms with E-state index in [4.69, 9.17) is 0 Å². The molecular weight excluding hydrogens is 228 g/mol. The molecule has 4 heteroatoms. The van der Waals surface area contributed by atoms with Gasteiger partial charge >= 0.3 is 5.97 Å². The minimum Gasteiger partial charge on any atom is -0.480 e. The van der Waals surface area contributed by atoms with Gasteiger partial charge in [-0.05, 0) is 58.8 Å². The highest BCUT2D eigenvalue weighted by Crippen LogP contribution is 2.18. The van der Waals surface area contributed by atoms with Gasteiger partial charge in [-0.2, -0.15) is 0 Å². The van der Waals surface area contributed by atoms with Crippen molar-refractivity contribution in [2.45, 2.75) is 57.4 Å². The van der Waals surface area contributed by atoms with Gasteiger partial charge in [0.05, 0.1) is 0 Å². The van der Waals surface area contributed by atoms with E-state index in [0.717, 1.165) is 13.0 Å². The Morgan fingerprint density at radius 1 is 1.28 bits per heavy atom. The van der Waals surface area contributed by atoms with Crippen LogP contribution in [0.3, 0.4) is 0 Å². The van der Waals surface area contributed by atoms with Gasteiger partial charge < -0.3 is 15.3 Å². The van der Waals surface area contributed by atoms with E-state index >= 15 is 0 Å². The summed E-state index contributed by atoms with van der Waals surface area (Å²) in [5, 5.41) is 12.3. The number of hydrogen-bond donors (Lipinski definition) is 2. The lowest BCUT2D eigenvalue weighted by Gasteiger charge is -2.29. The van der Waals surface area contributed by atoms with Crippen LogP contribution in [-0.2, 0) is 4.79 Å². The fourth-order valence-corrected chi connectivity index (χ4v) is 2.81. The molecule has 0 spiro atoms. The van der Waals surface area contributed by atoms with Crippen LogP contribution in [0.1, 0.15) is 51.9 Å². The largest absolute Gasteiger partial charge is 0.480 e.